The molecular weight excluding hydrogens is 286 g/mol. The Hall–Kier alpha value is -2.44. The van der Waals surface area contributed by atoms with Crippen molar-refractivity contribution in [3.05, 3.63) is 18.2 Å². The van der Waals surface area contributed by atoms with Crippen LogP contribution >= 0.6 is 0 Å². The van der Waals surface area contributed by atoms with Crippen LogP contribution in [0.25, 0.3) is 0 Å². The molecule has 0 aliphatic carbocycles. The second-order valence-electron chi connectivity index (χ2n) is 4.68. The van der Waals surface area contributed by atoms with Crippen LogP contribution in [0, 0.1) is 0 Å². The van der Waals surface area contributed by atoms with Gasteiger partial charge < -0.3 is 25.4 Å². The summed E-state index contributed by atoms with van der Waals surface area (Å²) in [5.74, 6) is 0.860. The van der Waals surface area contributed by atoms with Crippen molar-refractivity contribution in [2.45, 2.75) is 26.3 Å². The van der Waals surface area contributed by atoms with E-state index in [9.17, 15) is 9.59 Å². The third-order valence-electron chi connectivity index (χ3n) is 2.93. The van der Waals surface area contributed by atoms with E-state index < -0.39 is 12.1 Å². The van der Waals surface area contributed by atoms with Gasteiger partial charge in [-0.2, -0.15) is 0 Å². The summed E-state index contributed by atoms with van der Waals surface area (Å²) in [6.07, 6.45) is 0.844. The Kier molecular flexibility index (Phi) is 7.01. The van der Waals surface area contributed by atoms with Crippen molar-refractivity contribution >= 4 is 17.6 Å². The Morgan fingerprint density at radius 3 is 2.45 bits per heavy atom. The normalized spacial score (nSPS) is 11.3. The first-order chi connectivity index (χ1) is 10.5. The zero-order valence-electron chi connectivity index (χ0n) is 13.4. The molecule has 7 nitrogen and oxygen atoms in total. The highest BCUT2D eigenvalue weighted by molar-refractivity contribution is 5.93. The molecule has 0 saturated heterocycles. The first-order valence-corrected chi connectivity index (χ1v) is 7.09. The van der Waals surface area contributed by atoms with Crippen LogP contribution in [0.3, 0.4) is 0 Å². The predicted octanol–water partition coefficient (Wildman–Crippen LogP) is 1.74. The molecule has 0 radical (unpaired) electrons. The summed E-state index contributed by atoms with van der Waals surface area (Å²) in [5, 5.41) is 7.93. The minimum Gasteiger partial charge on any atom is -0.493 e. The largest absolute Gasteiger partial charge is 0.493 e. The third-order valence-corrected chi connectivity index (χ3v) is 2.93. The van der Waals surface area contributed by atoms with Gasteiger partial charge in [-0.1, -0.05) is 6.92 Å². The number of ether oxygens (including phenoxy) is 2. The minimum atomic E-state index is -0.619. The van der Waals surface area contributed by atoms with Crippen molar-refractivity contribution in [1.82, 2.24) is 10.6 Å². The van der Waals surface area contributed by atoms with E-state index >= 15 is 0 Å². The summed E-state index contributed by atoms with van der Waals surface area (Å²) >= 11 is 0. The van der Waals surface area contributed by atoms with Crippen molar-refractivity contribution in [3.8, 4) is 11.5 Å². The Morgan fingerprint density at radius 2 is 1.86 bits per heavy atom. The molecule has 1 unspecified atom stereocenters. The van der Waals surface area contributed by atoms with Crippen molar-refractivity contribution in [1.29, 1.82) is 0 Å². The van der Waals surface area contributed by atoms with E-state index in [1.807, 2.05) is 6.92 Å². The molecule has 3 amide bonds. The van der Waals surface area contributed by atoms with Crippen molar-refractivity contribution in [2.75, 3.05) is 26.1 Å². The molecule has 0 aromatic heterocycles. The maximum atomic E-state index is 11.9. The molecule has 122 valence electrons. The summed E-state index contributed by atoms with van der Waals surface area (Å²) in [6.45, 7) is 4.17. The second-order valence-corrected chi connectivity index (χ2v) is 4.68. The number of carbonyl (C=O) groups excluding carboxylic acids is 2. The van der Waals surface area contributed by atoms with Gasteiger partial charge in [0.1, 0.15) is 6.04 Å². The standard InChI is InChI=1S/C15H23N3O4/c1-5-8-16-14(19)10(2)17-15(20)18-11-6-7-12(21-3)13(9-11)22-4/h6-7,9-10H,5,8H2,1-4H3,(H,16,19)(H2,17,18,20). The topological polar surface area (TPSA) is 88.7 Å². The number of hydrogen-bond donors (Lipinski definition) is 3. The van der Waals surface area contributed by atoms with Gasteiger partial charge in [0, 0.05) is 18.3 Å². The zero-order valence-corrected chi connectivity index (χ0v) is 13.4. The van der Waals surface area contributed by atoms with Crippen LogP contribution in [0.2, 0.25) is 0 Å². The number of urea groups is 1. The fourth-order valence-corrected chi connectivity index (χ4v) is 1.74. The van der Waals surface area contributed by atoms with Gasteiger partial charge in [-0.25, -0.2) is 4.79 Å². The van der Waals surface area contributed by atoms with Crippen LogP contribution in [0.5, 0.6) is 11.5 Å². The number of rotatable bonds is 7. The predicted molar refractivity (Wildman–Crippen MR) is 84.5 cm³/mol. The summed E-state index contributed by atoms with van der Waals surface area (Å²) in [4.78, 5) is 23.6. The molecular formula is C15H23N3O4. The number of hydrogen-bond acceptors (Lipinski definition) is 4. The van der Waals surface area contributed by atoms with Crippen molar-refractivity contribution in [3.63, 3.8) is 0 Å². The monoisotopic (exact) mass is 309 g/mol. The molecule has 1 rings (SSSR count). The average molecular weight is 309 g/mol. The second kappa shape index (κ2) is 8.76. The molecule has 0 fully saturated rings. The summed E-state index contributed by atoms with van der Waals surface area (Å²) in [5.41, 5.74) is 0.538. The van der Waals surface area contributed by atoms with Gasteiger partial charge in [0.05, 0.1) is 14.2 Å². The van der Waals surface area contributed by atoms with E-state index in [-0.39, 0.29) is 5.91 Å². The van der Waals surface area contributed by atoms with Crippen LogP contribution < -0.4 is 25.4 Å². The Bertz CT molecular complexity index is 520. The molecule has 0 saturated carbocycles. The lowest BCUT2D eigenvalue weighted by Gasteiger charge is -2.15. The molecule has 1 aromatic rings. The van der Waals surface area contributed by atoms with Crippen LogP contribution in [0.1, 0.15) is 20.3 Å². The first-order valence-electron chi connectivity index (χ1n) is 7.09. The Labute approximate surface area is 130 Å². The molecule has 3 N–H and O–H groups in total. The highest BCUT2D eigenvalue weighted by atomic mass is 16.5. The van der Waals surface area contributed by atoms with Crippen LogP contribution in [0.4, 0.5) is 10.5 Å². The van der Waals surface area contributed by atoms with Gasteiger partial charge in [-0.15, -0.1) is 0 Å². The number of carbonyl (C=O) groups is 2. The number of methoxy groups -OCH3 is 2. The highest BCUT2D eigenvalue weighted by Gasteiger charge is 2.15. The highest BCUT2D eigenvalue weighted by Crippen LogP contribution is 2.29. The summed E-state index contributed by atoms with van der Waals surface area (Å²) in [6, 6.07) is 3.92. The average Bonchev–Trinajstić information content (AvgIpc) is 2.52. The van der Waals surface area contributed by atoms with Crippen molar-refractivity contribution in [2.24, 2.45) is 0 Å². The van der Waals surface area contributed by atoms with E-state index in [4.69, 9.17) is 9.47 Å². The lowest BCUT2D eigenvalue weighted by molar-refractivity contribution is -0.122. The Morgan fingerprint density at radius 1 is 1.18 bits per heavy atom. The zero-order chi connectivity index (χ0) is 16.5. The lowest BCUT2D eigenvalue weighted by Crippen LogP contribution is -2.46. The molecule has 0 bridgehead atoms. The number of anilines is 1. The van der Waals surface area contributed by atoms with E-state index in [0.29, 0.717) is 23.7 Å². The van der Waals surface area contributed by atoms with Crippen LogP contribution in [-0.2, 0) is 4.79 Å². The lowest BCUT2D eigenvalue weighted by atomic mass is 10.2. The molecule has 1 atom stereocenters. The minimum absolute atomic E-state index is 0.218. The molecule has 0 aliphatic heterocycles. The SMILES string of the molecule is CCCNC(=O)C(C)NC(=O)Nc1ccc(OC)c(OC)c1. The van der Waals surface area contributed by atoms with Crippen LogP contribution in [-0.4, -0.2) is 38.7 Å². The number of benzene rings is 1. The number of nitrogens with one attached hydrogen (secondary N) is 3. The van der Waals surface area contributed by atoms with E-state index in [0.717, 1.165) is 6.42 Å². The van der Waals surface area contributed by atoms with Gasteiger partial charge in [0.25, 0.3) is 0 Å². The van der Waals surface area contributed by atoms with Crippen molar-refractivity contribution < 1.29 is 19.1 Å². The molecule has 0 heterocycles. The number of amides is 3. The smallest absolute Gasteiger partial charge is 0.319 e. The first kappa shape index (κ1) is 17.6. The molecule has 22 heavy (non-hydrogen) atoms. The van der Waals surface area contributed by atoms with Gasteiger partial charge in [-0.3, -0.25) is 4.79 Å². The maximum Gasteiger partial charge on any atom is 0.319 e. The Balaban J connectivity index is 2.59. The van der Waals surface area contributed by atoms with Crippen LogP contribution in [0.15, 0.2) is 18.2 Å². The van der Waals surface area contributed by atoms with Gasteiger partial charge in [0.15, 0.2) is 11.5 Å². The third kappa shape index (κ3) is 5.16. The summed E-state index contributed by atoms with van der Waals surface area (Å²) in [7, 11) is 3.05. The fraction of sp³-hybridized carbons (Fsp3) is 0.467. The fourth-order valence-electron chi connectivity index (χ4n) is 1.74. The maximum absolute atomic E-state index is 11.9. The van der Waals surface area contributed by atoms with Gasteiger partial charge in [-0.05, 0) is 25.5 Å². The van der Waals surface area contributed by atoms with E-state index in [2.05, 4.69) is 16.0 Å². The molecule has 1 aromatic carbocycles. The van der Waals surface area contributed by atoms with Gasteiger partial charge >= 0.3 is 6.03 Å². The van der Waals surface area contributed by atoms with E-state index in [1.54, 1.807) is 25.1 Å². The molecule has 7 heteroatoms. The van der Waals surface area contributed by atoms with E-state index in [1.165, 1.54) is 14.2 Å². The molecule has 0 spiro atoms. The summed E-state index contributed by atoms with van der Waals surface area (Å²) < 4.78 is 10.3. The molecule has 0 aliphatic rings. The quantitative estimate of drug-likeness (QED) is 0.716. The van der Waals surface area contributed by atoms with Gasteiger partial charge in [0.2, 0.25) is 5.91 Å².